The van der Waals surface area contributed by atoms with Crippen LogP contribution in [-0.4, -0.2) is 18.5 Å². The minimum absolute atomic E-state index is 0.262. The van der Waals surface area contributed by atoms with E-state index in [4.69, 9.17) is 4.74 Å². The van der Waals surface area contributed by atoms with E-state index in [1.807, 2.05) is 41.8 Å². The largest absolute Gasteiger partial charge is 0.462 e. The number of carbonyl (C=O) groups excluding carboxylic acids is 2. The zero-order chi connectivity index (χ0) is 17.6. The normalized spacial score (nSPS) is 10.3. The van der Waals surface area contributed by atoms with E-state index in [0.717, 1.165) is 11.1 Å². The van der Waals surface area contributed by atoms with Crippen LogP contribution in [0.25, 0.3) is 11.1 Å². The average molecular weight is 351 g/mol. The third-order valence-electron chi connectivity index (χ3n) is 3.61. The standard InChI is InChI=1S/C20H17NO3S/c1-2-24-20(23)18-17(21-19(22)15-11-7-4-8-12-15)16(13-25-18)14-9-5-3-6-10-14/h3-13H,2H2,1H3,(H,21,22). The summed E-state index contributed by atoms with van der Waals surface area (Å²) in [7, 11) is 0. The molecule has 5 heteroatoms. The van der Waals surface area contributed by atoms with E-state index in [-0.39, 0.29) is 12.5 Å². The van der Waals surface area contributed by atoms with Crippen LogP contribution in [0.3, 0.4) is 0 Å². The van der Waals surface area contributed by atoms with Crippen LogP contribution in [0.4, 0.5) is 5.69 Å². The van der Waals surface area contributed by atoms with E-state index < -0.39 is 5.97 Å². The Morgan fingerprint density at radius 1 is 1.00 bits per heavy atom. The molecule has 0 aliphatic rings. The Kier molecular flexibility index (Phi) is 5.26. The first kappa shape index (κ1) is 16.9. The summed E-state index contributed by atoms with van der Waals surface area (Å²) in [5.74, 6) is -0.695. The van der Waals surface area contributed by atoms with Gasteiger partial charge in [-0.25, -0.2) is 4.79 Å². The average Bonchev–Trinajstić information content (AvgIpc) is 3.07. The highest BCUT2D eigenvalue weighted by atomic mass is 32.1. The van der Waals surface area contributed by atoms with E-state index in [0.29, 0.717) is 16.1 Å². The molecular formula is C20H17NO3S. The summed E-state index contributed by atoms with van der Waals surface area (Å²) in [4.78, 5) is 25.2. The first-order valence-electron chi connectivity index (χ1n) is 7.91. The molecule has 3 rings (SSSR count). The van der Waals surface area contributed by atoms with Gasteiger partial charge in [-0.1, -0.05) is 48.5 Å². The zero-order valence-corrected chi connectivity index (χ0v) is 14.5. The van der Waals surface area contributed by atoms with E-state index in [1.165, 1.54) is 11.3 Å². The van der Waals surface area contributed by atoms with Gasteiger partial charge in [0, 0.05) is 16.5 Å². The number of hydrogen-bond donors (Lipinski definition) is 1. The fourth-order valence-electron chi connectivity index (χ4n) is 2.43. The number of amides is 1. The molecule has 0 saturated carbocycles. The Morgan fingerprint density at radius 3 is 2.28 bits per heavy atom. The van der Waals surface area contributed by atoms with Gasteiger partial charge in [0.05, 0.1) is 12.3 Å². The summed E-state index contributed by atoms with van der Waals surface area (Å²) in [5.41, 5.74) is 2.75. The summed E-state index contributed by atoms with van der Waals surface area (Å²) in [6.45, 7) is 2.04. The highest BCUT2D eigenvalue weighted by Gasteiger charge is 2.22. The lowest BCUT2D eigenvalue weighted by molar-refractivity contribution is 0.0533. The summed E-state index contributed by atoms with van der Waals surface area (Å²) >= 11 is 1.27. The van der Waals surface area contributed by atoms with Crippen LogP contribution in [0, 0.1) is 0 Å². The Morgan fingerprint density at radius 2 is 1.64 bits per heavy atom. The maximum absolute atomic E-state index is 12.6. The molecule has 0 bridgehead atoms. The number of carbonyl (C=O) groups is 2. The molecule has 1 heterocycles. The van der Waals surface area contributed by atoms with E-state index in [9.17, 15) is 9.59 Å². The molecule has 1 N–H and O–H groups in total. The summed E-state index contributed by atoms with van der Waals surface area (Å²) in [6.07, 6.45) is 0. The fraction of sp³-hybridized carbons (Fsp3) is 0.100. The van der Waals surface area contributed by atoms with Gasteiger partial charge in [0.25, 0.3) is 5.91 Å². The first-order chi connectivity index (χ1) is 12.2. The maximum Gasteiger partial charge on any atom is 0.350 e. The van der Waals surface area contributed by atoms with Crippen molar-refractivity contribution in [2.75, 3.05) is 11.9 Å². The van der Waals surface area contributed by atoms with Gasteiger partial charge < -0.3 is 10.1 Å². The molecule has 0 atom stereocenters. The number of anilines is 1. The second-order valence-electron chi connectivity index (χ2n) is 5.26. The van der Waals surface area contributed by atoms with Crippen molar-refractivity contribution in [2.24, 2.45) is 0 Å². The molecule has 1 amide bonds. The van der Waals surface area contributed by atoms with Crippen LogP contribution >= 0.6 is 11.3 Å². The van der Waals surface area contributed by atoms with Crippen LogP contribution in [0.15, 0.2) is 66.0 Å². The number of ether oxygens (including phenoxy) is 1. The quantitative estimate of drug-likeness (QED) is 0.669. The molecular weight excluding hydrogens is 334 g/mol. The third kappa shape index (κ3) is 3.78. The lowest BCUT2D eigenvalue weighted by Gasteiger charge is -2.10. The molecule has 0 unspecified atom stereocenters. The molecule has 25 heavy (non-hydrogen) atoms. The molecule has 0 aliphatic heterocycles. The SMILES string of the molecule is CCOC(=O)c1scc(-c2ccccc2)c1NC(=O)c1ccccc1. The molecule has 3 aromatic rings. The first-order valence-corrected chi connectivity index (χ1v) is 8.79. The minimum Gasteiger partial charge on any atom is -0.462 e. The molecule has 2 aromatic carbocycles. The summed E-state index contributed by atoms with van der Waals surface area (Å²) in [5, 5.41) is 4.75. The lowest BCUT2D eigenvalue weighted by atomic mass is 10.1. The van der Waals surface area contributed by atoms with Gasteiger partial charge in [0.1, 0.15) is 4.88 Å². The van der Waals surface area contributed by atoms with Crippen molar-refractivity contribution >= 4 is 28.9 Å². The second-order valence-corrected chi connectivity index (χ2v) is 6.14. The van der Waals surface area contributed by atoms with Crippen molar-refractivity contribution in [3.63, 3.8) is 0 Å². The number of thiophene rings is 1. The minimum atomic E-state index is -0.432. The van der Waals surface area contributed by atoms with Crippen molar-refractivity contribution in [3.8, 4) is 11.1 Å². The number of esters is 1. The molecule has 126 valence electrons. The predicted octanol–water partition coefficient (Wildman–Crippen LogP) is 4.84. The summed E-state index contributed by atoms with van der Waals surface area (Å²) in [6, 6.07) is 18.5. The second kappa shape index (κ2) is 7.77. The van der Waals surface area contributed by atoms with Gasteiger partial charge in [0.15, 0.2) is 0 Å². The van der Waals surface area contributed by atoms with Crippen LogP contribution in [0.1, 0.15) is 27.0 Å². The number of rotatable bonds is 5. The van der Waals surface area contributed by atoms with Gasteiger partial charge in [-0.2, -0.15) is 0 Å². The number of hydrogen-bond acceptors (Lipinski definition) is 4. The lowest BCUT2D eigenvalue weighted by Crippen LogP contribution is -2.15. The monoisotopic (exact) mass is 351 g/mol. The highest BCUT2D eigenvalue weighted by Crippen LogP contribution is 2.37. The van der Waals surface area contributed by atoms with Crippen LogP contribution < -0.4 is 5.32 Å². The van der Waals surface area contributed by atoms with Crippen LogP contribution in [-0.2, 0) is 4.74 Å². The summed E-state index contributed by atoms with van der Waals surface area (Å²) < 4.78 is 5.13. The molecule has 0 fully saturated rings. The Balaban J connectivity index is 2.01. The third-order valence-corrected chi connectivity index (χ3v) is 4.57. The smallest absolute Gasteiger partial charge is 0.350 e. The van der Waals surface area contributed by atoms with Crippen molar-refractivity contribution in [2.45, 2.75) is 6.92 Å². The Labute approximate surface area is 150 Å². The van der Waals surface area contributed by atoms with Crippen molar-refractivity contribution in [1.82, 2.24) is 0 Å². The highest BCUT2D eigenvalue weighted by molar-refractivity contribution is 7.13. The predicted molar refractivity (Wildman–Crippen MR) is 100 cm³/mol. The van der Waals surface area contributed by atoms with E-state index >= 15 is 0 Å². The molecule has 0 radical (unpaired) electrons. The fourth-order valence-corrected chi connectivity index (χ4v) is 3.36. The van der Waals surface area contributed by atoms with Crippen LogP contribution in [0.5, 0.6) is 0 Å². The van der Waals surface area contributed by atoms with Gasteiger partial charge >= 0.3 is 5.97 Å². The van der Waals surface area contributed by atoms with Gasteiger partial charge in [-0.3, -0.25) is 4.79 Å². The van der Waals surface area contributed by atoms with Crippen LogP contribution in [0.2, 0.25) is 0 Å². The molecule has 0 aliphatic carbocycles. The van der Waals surface area contributed by atoms with Gasteiger partial charge in [0.2, 0.25) is 0 Å². The van der Waals surface area contributed by atoms with E-state index in [1.54, 1.807) is 31.2 Å². The molecule has 0 spiro atoms. The van der Waals surface area contributed by atoms with Crippen molar-refractivity contribution in [3.05, 3.63) is 76.5 Å². The Bertz CT molecular complexity index is 872. The Hall–Kier alpha value is -2.92. The zero-order valence-electron chi connectivity index (χ0n) is 13.7. The number of benzene rings is 2. The molecule has 4 nitrogen and oxygen atoms in total. The maximum atomic E-state index is 12.6. The van der Waals surface area contributed by atoms with Crippen molar-refractivity contribution in [1.29, 1.82) is 0 Å². The molecule has 0 saturated heterocycles. The van der Waals surface area contributed by atoms with Crippen molar-refractivity contribution < 1.29 is 14.3 Å². The number of nitrogens with one attached hydrogen (secondary N) is 1. The van der Waals surface area contributed by atoms with Gasteiger partial charge in [-0.15, -0.1) is 11.3 Å². The van der Waals surface area contributed by atoms with Gasteiger partial charge in [-0.05, 0) is 24.6 Å². The molecule has 1 aromatic heterocycles. The topological polar surface area (TPSA) is 55.4 Å². The van der Waals surface area contributed by atoms with E-state index in [2.05, 4.69) is 5.32 Å².